The molecule has 0 saturated carbocycles. The molecule has 2 N–H and O–H groups in total. The maximum absolute atomic E-state index is 12.2. The number of unbranched alkanes of at least 4 members (excludes halogenated alkanes) is 1. The fourth-order valence-electron chi connectivity index (χ4n) is 1.61. The molecule has 0 aliphatic heterocycles. The third-order valence-electron chi connectivity index (χ3n) is 2.74. The first-order valence-corrected chi connectivity index (χ1v) is 8.26. The van der Waals surface area contributed by atoms with Crippen molar-refractivity contribution in [1.82, 2.24) is 4.90 Å². The fraction of sp³-hybridized carbons (Fsp3) is 0.417. The van der Waals surface area contributed by atoms with Gasteiger partial charge in [0.25, 0.3) is 5.91 Å². The molecule has 1 amide bonds. The molecular formula is C12H16Cl2N2O3S. The molecule has 8 heteroatoms. The summed E-state index contributed by atoms with van der Waals surface area (Å²) < 4.78 is 22.9. The number of halogens is 2. The maximum atomic E-state index is 12.2. The Morgan fingerprint density at radius 3 is 2.45 bits per heavy atom. The average molecular weight is 339 g/mol. The molecule has 0 fully saturated rings. The van der Waals surface area contributed by atoms with Gasteiger partial charge in [0.1, 0.15) is 4.90 Å². The predicted molar refractivity (Wildman–Crippen MR) is 79.7 cm³/mol. The summed E-state index contributed by atoms with van der Waals surface area (Å²) in [7, 11) is -2.41. The molecule has 0 heterocycles. The van der Waals surface area contributed by atoms with Crippen molar-refractivity contribution in [2.45, 2.75) is 24.7 Å². The van der Waals surface area contributed by atoms with Gasteiger partial charge in [-0.3, -0.25) is 4.79 Å². The lowest BCUT2D eigenvalue weighted by molar-refractivity contribution is 0.0793. The summed E-state index contributed by atoms with van der Waals surface area (Å²) in [6.07, 6.45) is 1.80. The molecule has 112 valence electrons. The van der Waals surface area contributed by atoms with Gasteiger partial charge >= 0.3 is 0 Å². The first-order valence-electron chi connectivity index (χ1n) is 5.95. The number of carbonyl (C=O) groups excluding carboxylic acids is 1. The van der Waals surface area contributed by atoms with E-state index in [1.54, 1.807) is 7.05 Å². The van der Waals surface area contributed by atoms with Gasteiger partial charge in [-0.05, 0) is 18.6 Å². The Morgan fingerprint density at radius 1 is 1.35 bits per heavy atom. The summed E-state index contributed by atoms with van der Waals surface area (Å²) in [6, 6.07) is 2.48. The maximum Gasteiger partial charge on any atom is 0.253 e. The highest BCUT2D eigenvalue weighted by molar-refractivity contribution is 7.89. The van der Waals surface area contributed by atoms with E-state index in [0.29, 0.717) is 6.54 Å². The van der Waals surface area contributed by atoms with E-state index in [-0.39, 0.29) is 26.4 Å². The van der Waals surface area contributed by atoms with Gasteiger partial charge in [0.2, 0.25) is 10.0 Å². The SMILES string of the molecule is CCCCN(C)C(=O)c1cc(Cl)c(Cl)c(S(N)(=O)=O)c1. The number of nitrogens with two attached hydrogens (primary N) is 1. The second-order valence-corrected chi connectivity index (χ2v) is 6.71. The lowest BCUT2D eigenvalue weighted by atomic mass is 10.2. The Bertz CT molecular complexity index is 617. The molecule has 0 aliphatic carbocycles. The summed E-state index contributed by atoms with van der Waals surface area (Å²) in [5, 5.41) is 4.85. The first kappa shape index (κ1) is 17.2. The molecule has 0 saturated heterocycles. The van der Waals surface area contributed by atoms with E-state index in [1.807, 2.05) is 6.92 Å². The standard InChI is InChI=1S/C12H16Cl2N2O3S/c1-3-4-5-16(2)12(17)8-6-9(13)11(14)10(7-8)20(15,18)19/h6-7H,3-5H2,1-2H3,(H2,15,18,19). The highest BCUT2D eigenvalue weighted by Crippen LogP contribution is 2.30. The van der Waals surface area contributed by atoms with E-state index in [1.165, 1.54) is 11.0 Å². The summed E-state index contributed by atoms with van der Waals surface area (Å²) in [4.78, 5) is 13.3. The predicted octanol–water partition coefficient (Wildman–Crippen LogP) is 2.51. The summed E-state index contributed by atoms with van der Waals surface area (Å²) in [5.41, 5.74) is 0.141. The number of benzene rings is 1. The number of rotatable bonds is 5. The van der Waals surface area contributed by atoms with Crippen LogP contribution in [0.15, 0.2) is 17.0 Å². The second kappa shape index (κ2) is 6.76. The van der Waals surface area contributed by atoms with Gasteiger partial charge in [0.05, 0.1) is 10.0 Å². The van der Waals surface area contributed by atoms with Crippen molar-refractivity contribution in [2.24, 2.45) is 5.14 Å². The van der Waals surface area contributed by atoms with Gasteiger partial charge in [0, 0.05) is 19.2 Å². The quantitative estimate of drug-likeness (QED) is 0.895. The smallest absolute Gasteiger partial charge is 0.253 e. The molecule has 0 atom stereocenters. The number of hydrogen-bond donors (Lipinski definition) is 1. The van der Waals surface area contributed by atoms with Gasteiger partial charge < -0.3 is 4.90 Å². The molecule has 0 aliphatic rings. The molecule has 20 heavy (non-hydrogen) atoms. The van der Waals surface area contributed by atoms with Crippen LogP contribution in [0.1, 0.15) is 30.1 Å². The molecule has 0 unspecified atom stereocenters. The van der Waals surface area contributed by atoms with Crippen molar-refractivity contribution in [3.05, 3.63) is 27.7 Å². The van der Waals surface area contributed by atoms with Crippen molar-refractivity contribution >= 4 is 39.1 Å². The van der Waals surface area contributed by atoms with E-state index >= 15 is 0 Å². The van der Waals surface area contributed by atoms with E-state index in [2.05, 4.69) is 0 Å². The minimum Gasteiger partial charge on any atom is -0.342 e. The number of carbonyl (C=O) groups is 1. The Labute approximate surface area is 128 Å². The highest BCUT2D eigenvalue weighted by Gasteiger charge is 2.21. The first-order chi connectivity index (χ1) is 9.18. The third kappa shape index (κ3) is 4.09. The molecule has 0 bridgehead atoms. The van der Waals surface area contributed by atoms with Crippen molar-refractivity contribution in [3.63, 3.8) is 0 Å². The van der Waals surface area contributed by atoms with E-state index in [4.69, 9.17) is 28.3 Å². The minimum absolute atomic E-state index is 0.0227. The fourth-order valence-corrected chi connectivity index (χ4v) is 2.97. The Balaban J connectivity index is 3.21. The molecule has 1 aromatic carbocycles. The van der Waals surface area contributed by atoms with E-state index in [9.17, 15) is 13.2 Å². The minimum atomic E-state index is -4.04. The zero-order valence-electron chi connectivity index (χ0n) is 11.2. The molecule has 5 nitrogen and oxygen atoms in total. The topological polar surface area (TPSA) is 80.5 Å². The third-order valence-corrected chi connectivity index (χ3v) is 4.59. The summed E-state index contributed by atoms with van der Waals surface area (Å²) >= 11 is 11.7. The monoisotopic (exact) mass is 338 g/mol. The Kier molecular flexibility index (Phi) is 5.82. The van der Waals surface area contributed by atoms with Gasteiger partial charge in [-0.15, -0.1) is 0 Å². The molecule has 0 aromatic heterocycles. The molecular weight excluding hydrogens is 323 g/mol. The second-order valence-electron chi connectivity index (χ2n) is 4.40. The van der Waals surface area contributed by atoms with Crippen LogP contribution in [0.4, 0.5) is 0 Å². The lowest BCUT2D eigenvalue weighted by Gasteiger charge is -2.17. The van der Waals surface area contributed by atoms with Gasteiger partial charge in [-0.1, -0.05) is 36.5 Å². The molecule has 1 rings (SSSR count). The van der Waals surface area contributed by atoms with Gasteiger partial charge in [-0.25, -0.2) is 13.6 Å². The number of primary sulfonamides is 1. The average Bonchev–Trinajstić information content (AvgIpc) is 2.36. The van der Waals surface area contributed by atoms with Crippen LogP contribution in [0.2, 0.25) is 10.0 Å². The molecule has 0 radical (unpaired) electrons. The van der Waals surface area contributed by atoms with Gasteiger partial charge in [-0.2, -0.15) is 0 Å². The largest absolute Gasteiger partial charge is 0.342 e. The summed E-state index contributed by atoms with van der Waals surface area (Å²) in [5.74, 6) is -0.332. The zero-order chi connectivity index (χ0) is 15.5. The molecule has 0 spiro atoms. The van der Waals surface area contributed by atoms with Crippen LogP contribution in [0.3, 0.4) is 0 Å². The van der Waals surface area contributed by atoms with Gasteiger partial charge in [0.15, 0.2) is 0 Å². The normalized spacial score (nSPS) is 11.4. The highest BCUT2D eigenvalue weighted by atomic mass is 35.5. The number of hydrogen-bond acceptors (Lipinski definition) is 3. The Hall–Kier alpha value is -0.820. The van der Waals surface area contributed by atoms with Crippen LogP contribution in [0.5, 0.6) is 0 Å². The van der Waals surface area contributed by atoms with Crippen molar-refractivity contribution in [2.75, 3.05) is 13.6 Å². The van der Waals surface area contributed by atoms with Crippen LogP contribution < -0.4 is 5.14 Å². The number of sulfonamides is 1. The summed E-state index contributed by atoms with van der Waals surface area (Å²) in [6.45, 7) is 2.58. The van der Waals surface area contributed by atoms with Crippen molar-refractivity contribution in [3.8, 4) is 0 Å². The van der Waals surface area contributed by atoms with Crippen LogP contribution in [0, 0.1) is 0 Å². The van der Waals surface area contributed by atoms with Crippen LogP contribution in [0.25, 0.3) is 0 Å². The molecule has 1 aromatic rings. The number of amides is 1. The van der Waals surface area contributed by atoms with E-state index < -0.39 is 10.0 Å². The van der Waals surface area contributed by atoms with Crippen LogP contribution in [-0.2, 0) is 10.0 Å². The lowest BCUT2D eigenvalue weighted by Crippen LogP contribution is -2.28. The van der Waals surface area contributed by atoms with Crippen molar-refractivity contribution in [1.29, 1.82) is 0 Å². The zero-order valence-corrected chi connectivity index (χ0v) is 13.5. The van der Waals surface area contributed by atoms with E-state index in [0.717, 1.165) is 18.9 Å². The van der Waals surface area contributed by atoms with Crippen molar-refractivity contribution < 1.29 is 13.2 Å². The van der Waals surface area contributed by atoms with Crippen LogP contribution in [-0.4, -0.2) is 32.8 Å². The Morgan fingerprint density at radius 2 is 1.95 bits per heavy atom. The van der Waals surface area contributed by atoms with Crippen LogP contribution >= 0.6 is 23.2 Å². The number of nitrogens with zero attached hydrogens (tertiary/aromatic N) is 1.